The summed E-state index contributed by atoms with van der Waals surface area (Å²) in [4.78, 5) is 10.0. The van der Waals surface area contributed by atoms with E-state index in [4.69, 9.17) is 5.11 Å². The van der Waals surface area contributed by atoms with Crippen molar-refractivity contribution in [2.45, 2.75) is 45.4 Å². The first-order valence-corrected chi connectivity index (χ1v) is 3.99. The van der Waals surface area contributed by atoms with Crippen molar-refractivity contribution in [2.24, 2.45) is 0 Å². The molecule has 0 rings (SSSR count). The molecule has 1 radical (unpaired) electrons. The van der Waals surface area contributed by atoms with Crippen LogP contribution in [0.25, 0.3) is 0 Å². The molecule has 2 nitrogen and oxygen atoms in total. The standard InChI is InChI=1S/C8H16O2.Rh/c1-2-3-4-5-6-7-8(9)10;/h2-7H2,1H3,(H,9,10);. The van der Waals surface area contributed by atoms with E-state index < -0.39 is 5.97 Å². The SMILES string of the molecule is CCCCCCCC(=O)O.[Rh]. The van der Waals surface area contributed by atoms with E-state index in [0.717, 1.165) is 12.8 Å². The van der Waals surface area contributed by atoms with Gasteiger partial charge < -0.3 is 5.11 Å². The average Bonchev–Trinajstić information content (AvgIpc) is 1.87. The molecule has 11 heavy (non-hydrogen) atoms. The molecule has 0 spiro atoms. The molecule has 0 aliphatic carbocycles. The van der Waals surface area contributed by atoms with Crippen LogP contribution in [0.4, 0.5) is 0 Å². The second kappa shape index (κ2) is 10.1. The van der Waals surface area contributed by atoms with E-state index in [1.54, 1.807) is 0 Å². The van der Waals surface area contributed by atoms with Crippen molar-refractivity contribution in [2.75, 3.05) is 0 Å². The number of aliphatic carboxylic acids is 1. The molecular formula is C8H16O2Rh. The molecule has 0 aliphatic rings. The van der Waals surface area contributed by atoms with Crippen LogP contribution >= 0.6 is 0 Å². The third-order valence-electron chi connectivity index (χ3n) is 1.49. The van der Waals surface area contributed by atoms with E-state index in [-0.39, 0.29) is 19.5 Å². The van der Waals surface area contributed by atoms with E-state index in [2.05, 4.69) is 6.92 Å². The maximum Gasteiger partial charge on any atom is 0.303 e. The van der Waals surface area contributed by atoms with Crippen molar-refractivity contribution in [3.05, 3.63) is 0 Å². The van der Waals surface area contributed by atoms with Gasteiger partial charge in [-0.15, -0.1) is 0 Å². The van der Waals surface area contributed by atoms with E-state index in [1.165, 1.54) is 19.3 Å². The van der Waals surface area contributed by atoms with E-state index in [0.29, 0.717) is 6.42 Å². The van der Waals surface area contributed by atoms with Crippen LogP contribution in [-0.2, 0) is 24.3 Å². The minimum absolute atomic E-state index is 0. The number of carboxylic acids is 1. The quantitative estimate of drug-likeness (QED) is 0.578. The molecule has 0 heterocycles. The Morgan fingerprint density at radius 3 is 2.18 bits per heavy atom. The van der Waals surface area contributed by atoms with Gasteiger partial charge in [-0.25, -0.2) is 0 Å². The van der Waals surface area contributed by atoms with E-state index >= 15 is 0 Å². The summed E-state index contributed by atoms with van der Waals surface area (Å²) in [6, 6.07) is 0. The number of unbranched alkanes of at least 4 members (excludes halogenated alkanes) is 4. The Morgan fingerprint density at radius 1 is 1.18 bits per heavy atom. The van der Waals surface area contributed by atoms with Gasteiger partial charge in [0.05, 0.1) is 0 Å². The maximum atomic E-state index is 10.0. The second-order valence-electron chi connectivity index (χ2n) is 2.56. The van der Waals surface area contributed by atoms with Gasteiger partial charge in [-0.2, -0.15) is 0 Å². The van der Waals surface area contributed by atoms with Crippen molar-refractivity contribution < 1.29 is 29.4 Å². The molecule has 0 saturated heterocycles. The molecule has 0 saturated carbocycles. The maximum absolute atomic E-state index is 10.0. The van der Waals surface area contributed by atoms with Gasteiger partial charge in [0.2, 0.25) is 0 Å². The van der Waals surface area contributed by atoms with Gasteiger partial charge in [0.15, 0.2) is 0 Å². The molecule has 0 bridgehead atoms. The van der Waals surface area contributed by atoms with Crippen molar-refractivity contribution in [3.63, 3.8) is 0 Å². The summed E-state index contributed by atoms with van der Waals surface area (Å²) < 4.78 is 0. The first-order valence-electron chi connectivity index (χ1n) is 3.99. The summed E-state index contributed by atoms with van der Waals surface area (Å²) in [5.74, 6) is -0.670. The molecule has 0 aromatic rings. The summed E-state index contributed by atoms with van der Waals surface area (Å²) in [7, 11) is 0. The zero-order valence-electron chi connectivity index (χ0n) is 6.93. The van der Waals surface area contributed by atoms with Gasteiger partial charge in [0, 0.05) is 25.9 Å². The Morgan fingerprint density at radius 2 is 1.73 bits per heavy atom. The number of hydrogen-bond donors (Lipinski definition) is 1. The fraction of sp³-hybridized carbons (Fsp3) is 0.875. The molecule has 3 heteroatoms. The van der Waals surface area contributed by atoms with Gasteiger partial charge in [0.25, 0.3) is 0 Å². The Bertz CT molecular complexity index is 94.1. The summed E-state index contributed by atoms with van der Waals surface area (Å²) in [5, 5.41) is 8.27. The molecule has 0 amide bonds. The number of rotatable bonds is 6. The topological polar surface area (TPSA) is 37.3 Å². The zero-order chi connectivity index (χ0) is 7.82. The van der Waals surface area contributed by atoms with Gasteiger partial charge in [-0.1, -0.05) is 32.6 Å². The normalized spacial score (nSPS) is 8.82. The Labute approximate surface area is 81.1 Å². The zero-order valence-corrected chi connectivity index (χ0v) is 8.57. The first-order chi connectivity index (χ1) is 4.77. The molecule has 69 valence electrons. The summed E-state index contributed by atoms with van der Waals surface area (Å²) in [5.41, 5.74) is 0. The van der Waals surface area contributed by atoms with Crippen molar-refractivity contribution in [3.8, 4) is 0 Å². The van der Waals surface area contributed by atoms with E-state index in [9.17, 15) is 4.79 Å². The van der Waals surface area contributed by atoms with Crippen LogP contribution in [-0.4, -0.2) is 11.1 Å². The minimum Gasteiger partial charge on any atom is -0.481 e. The third-order valence-corrected chi connectivity index (χ3v) is 1.49. The number of carbonyl (C=O) groups is 1. The molecule has 0 aromatic heterocycles. The van der Waals surface area contributed by atoms with Crippen molar-refractivity contribution in [1.29, 1.82) is 0 Å². The molecule has 1 N–H and O–H groups in total. The minimum atomic E-state index is -0.670. The fourth-order valence-electron chi connectivity index (χ4n) is 0.880. The first kappa shape index (κ1) is 13.7. The Balaban J connectivity index is 0. The number of carboxylic acid groups (broad SMARTS) is 1. The summed E-state index contributed by atoms with van der Waals surface area (Å²) >= 11 is 0. The Kier molecular flexibility index (Phi) is 12.5. The monoisotopic (exact) mass is 247 g/mol. The third kappa shape index (κ3) is 13.1. The van der Waals surface area contributed by atoms with Gasteiger partial charge in [-0.05, 0) is 6.42 Å². The van der Waals surface area contributed by atoms with Crippen LogP contribution in [0.5, 0.6) is 0 Å². The van der Waals surface area contributed by atoms with Gasteiger partial charge >= 0.3 is 5.97 Å². The number of hydrogen-bond acceptors (Lipinski definition) is 1. The smallest absolute Gasteiger partial charge is 0.303 e. The van der Waals surface area contributed by atoms with Crippen LogP contribution in [0.1, 0.15) is 45.4 Å². The predicted octanol–water partition coefficient (Wildman–Crippen LogP) is 2.43. The van der Waals surface area contributed by atoms with Crippen molar-refractivity contribution in [1.82, 2.24) is 0 Å². The fourth-order valence-corrected chi connectivity index (χ4v) is 0.880. The van der Waals surface area contributed by atoms with Crippen LogP contribution in [0.3, 0.4) is 0 Å². The van der Waals surface area contributed by atoms with Gasteiger partial charge in [-0.3, -0.25) is 4.79 Å². The summed E-state index contributed by atoms with van der Waals surface area (Å²) in [6.07, 6.45) is 5.88. The molecule has 0 aromatic carbocycles. The molecular weight excluding hydrogens is 231 g/mol. The molecule has 0 unspecified atom stereocenters. The Hall–Kier alpha value is 0.0934. The second-order valence-corrected chi connectivity index (χ2v) is 2.56. The van der Waals surface area contributed by atoms with E-state index in [1.807, 2.05) is 0 Å². The van der Waals surface area contributed by atoms with Gasteiger partial charge in [0.1, 0.15) is 0 Å². The average molecular weight is 247 g/mol. The van der Waals surface area contributed by atoms with Crippen LogP contribution in [0.15, 0.2) is 0 Å². The van der Waals surface area contributed by atoms with Crippen LogP contribution < -0.4 is 0 Å². The molecule has 0 atom stereocenters. The predicted molar refractivity (Wildman–Crippen MR) is 41.0 cm³/mol. The summed E-state index contributed by atoms with van der Waals surface area (Å²) in [6.45, 7) is 2.15. The molecule has 0 aliphatic heterocycles. The van der Waals surface area contributed by atoms with Crippen molar-refractivity contribution >= 4 is 5.97 Å². The van der Waals surface area contributed by atoms with Crippen LogP contribution in [0.2, 0.25) is 0 Å². The molecule has 0 fully saturated rings. The van der Waals surface area contributed by atoms with Crippen LogP contribution in [0, 0.1) is 0 Å². The largest absolute Gasteiger partial charge is 0.481 e.